The third kappa shape index (κ3) is 3.87. The molecule has 0 aliphatic carbocycles. The second-order valence-corrected chi connectivity index (χ2v) is 7.80. The van der Waals surface area contributed by atoms with Gasteiger partial charge in [0.05, 0.1) is 12.0 Å². The van der Waals surface area contributed by atoms with Crippen LogP contribution in [0.3, 0.4) is 0 Å². The molecular formula is C20H31N3O2. The molecule has 3 heterocycles. The van der Waals surface area contributed by atoms with Crippen LogP contribution < -0.4 is 0 Å². The van der Waals surface area contributed by atoms with Gasteiger partial charge in [-0.15, -0.1) is 0 Å². The summed E-state index contributed by atoms with van der Waals surface area (Å²) >= 11 is 0. The van der Waals surface area contributed by atoms with Crippen molar-refractivity contribution in [3.63, 3.8) is 0 Å². The number of ether oxygens (including phenoxy) is 1. The van der Waals surface area contributed by atoms with Crippen molar-refractivity contribution < 1.29 is 9.53 Å². The Balaban J connectivity index is 1.79. The van der Waals surface area contributed by atoms with Gasteiger partial charge in [0.15, 0.2) is 0 Å². The van der Waals surface area contributed by atoms with Gasteiger partial charge in [-0.1, -0.05) is 6.07 Å². The van der Waals surface area contributed by atoms with E-state index in [4.69, 9.17) is 4.74 Å². The first kappa shape index (κ1) is 18.3. The number of carbonyl (C=O) groups is 1. The lowest BCUT2D eigenvalue weighted by molar-refractivity contribution is -0.157. The number of rotatable bonds is 5. The van der Waals surface area contributed by atoms with Gasteiger partial charge >= 0.3 is 5.97 Å². The fourth-order valence-electron chi connectivity index (χ4n) is 4.45. The number of aromatic nitrogens is 1. The standard InChI is InChI=1S/C20H31N3O2/c1-4-25-19(24)20-8-6-10-22(12-17-7-5-9-21-11-17)13-18(20)14-23(15-20)16(2)3/h5,7,9,11,16,18H,4,6,8,10,12-15H2,1-3H3/t18-,20-/m0/s1. The molecule has 2 fully saturated rings. The van der Waals surface area contributed by atoms with E-state index >= 15 is 0 Å². The molecule has 0 saturated carbocycles. The van der Waals surface area contributed by atoms with Gasteiger partial charge in [0.2, 0.25) is 0 Å². The minimum Gasteiger partial charge on any atom is -0.466 e. The zero-order valence-electron chi connectivity index (χ0n) is 15.8. The van der Waals surface area contributed by atoms with Crippen molar-refractivity contribution in [1.29, 1.82) is 0 Å². The van der Waals surface area contributed by atoms with Gasteiger partial charge in [-0.3, -0.25) is 19.6 Å². The van der Waals surface area contributed by atoms with Crippen LogP contribution >= 0.6 is 0 Å². The minimum atomic E-state index is -0.329. The lowest BCUT2D eigenvalue weighted by atomic mass is 9.75. The highest BCUT2D eigenvalue weighted by Crippen LogP contribution is 2.44. The summed E-state index contributed by atoms with van der Waals surface area (Å²) in [5.41, 5.74) is 0.911. The van der Waals surface area contributed by atoms with Gasteiger partial charge in [0.1, 0.15) is 0 Å². The number of hydrogen-bond donors (Lipinski definition) is 0. The number of fused-ring (bicyclic) bond motifs is 1. The van der Waals surface area contributed by atoms with Gasteiger partial charge in [-0.05, 0) is 51.8 Å². The Bertz CT molecular complexity index is 578. The normalized spacial score (nSPS) is 27.9. The average Bonchev–Trinajstić information content (AvgIpc) is 2.87. The molecule has 2 saturated heterocycles. The number of hydrogen-bond acceptors (Lipinski definition) is 5. The Morgan fingerprint density at radius 1 is 1.44 bits per heavy atom. The van der Waals surface area contributed by atoms with Crippen LogP contribution in [0.15, 0.2) is 24.5 Å². The molecule has 1 aromatic heterocycles. The summed E-state index contributed by atoms with van der Waals surface area (Å²) in [7, 11) is 0. The summed E-state index contributed by atoms with van der Waals surface area (Å²) in [4.78, 5) is 22.1. The fourth-order valence-corrected chi connectivity index (χ4v) is 4.45. The summed E-state index contributed by atoms with van der Waals surface area (Å²) < 4.78 is 5.53. The Morgan fingerprint density at radius 2 is 2.28 bits per heavy atom. The lowest BCUT2D eigenvalue weighted by Crippen LogP contribution is -2.42. The monoisotopic (exact) mass is 345 g/mol. The van der Waals surface area contributed by atoms with Crippen LogP contribution in [-0.4, -0.2) is 59.6 Å². The molecule has 138 valence electrons. The average molecular weight is 345 g/mol. The fraction of sp³-hybridized carbons (Fsp3) is 0.700. The first-order chi connectivity index (χ1) is 12.0. The number of esters is 1. The zero-order chi connectivity index (χ0) is 17.9. The van der Waals surface area contributed by atoms with Gasteiger partial charge < -0.3 is 4.74 Å². The van der Waals surface area contributed by atoms with Crippen LogP contribution in [-0.2, 0) is 16.1 Å². The van der Waals surface area contributed by atoms with Crippen LogP contribution in [0, 0.1) is 11.3 Å². The van der Waals surface area contributed by atoms with E-state index in [9.17, 15) is 4.79 Å². The summed E-state index contributed by atoms with van der Waals surface area (Å²) in [6.07, 6.45) is 5.73. The molecule has 0 aromatic carbocycles. The van der Waals surface area contributed by atoms with E-state index in [1.165, 1.54) is 5.56 Å². The Kier molecular flexibility index (Phi) is 5.74. The van der Waals surface area contributed by atoms with Crippen molar-refractivity contribution in [1.82, 2.24) is 14.8 Å². The predicted molar refractivity (Wildman–Crippen MR) is 98.0 cm³/mol. The topological polar surface area (TPSA) is 45.7 Å². The van der Waals surface area contributed by atoms with E-state index in [1.807, 2.05) is 25.4 Å². The van der Waals surface area contributed by atoms with Crippen molar-refractivity contribution >= 4 is 5.97 Å². The number of likely N-dealkylation sites (tertiary alicyclic amines) is 2. The van der Waals surface area contributed by atoms with E-state index in [0.29, 0.717) is 18.6 Å². The molecule has 2 aliphatic heterocycles. The second-order valence-electron chi connectivity index (χ2n) is 7.80. The van der Waals surface area contributed by atoms with Crippen molar-refractivity contribution in [2.45, 2.75) is 46.2 Å². The molecule has 0 spiro atoms. The highest BCUT2D eigenvalue weighted by atomic mass is 16.5. The van der Waals surface area contributed by atoms with E-state index in [0.717, 1.165) is 45.6 Å². The van der Waals surface area contributed by atoms with Crippen LogP contribution in [0.25, 0.3) is 0 Å². The maximum Gasteiger partial charge on any atom is 0.313 e. The number of pyridine rings is 1. The molecule has 3 rings (SSSR count). The molecule has 0 bridgehead atoms. The molecule has 2 atom stereocenters. The van der Waals surface area contributed by atoms with Gasteiger partial charge in [0.25, 0.3) is 0 Å². The molecule has 0 unspecified atom stereocenters. The number of nitrogens with zero attached hydrogens (tertiary/aromatic N) is 3. The Labute approximate surface area is 151 Å². The lowest BCUT2D eigenvalue weighted by Gasteiger charge is -2.31. The van der Waals surface area contributed by atoms with Crippen molar-refractivity contribution in [2.24, 2.45) is 11.3 Å². The van der Waals surface area contributed by atoms with Crippen LogP contribution in [0.5, 0.6) is 0 Å². The summed E-state index contributed by atoms with van der Waals surface area (Å²) in [5.74, 6) is 0.361. The molecule has 5 nitrogen and oxygen atoms in total. The molecular weight excluding hydrogens is 314 g/mol. The SMILES string of the molecule is CCOC(=O)[C@]12CCCN(Cc3cccnc3)C[C@H]1CN(C(C)C)C2. The molecule has 5 heteroatoms. The van der Waals surface area contributed by atoms with E-state index in [-0.39, 0.29) is 11.4 Å². The second kappa shape index (κ2) is 7.83. The third-order valence-electron chi connectivity index (χ3n) is 5.84. The maximum absolute atomic E-state index is 12.9. The van der Waals surface area contributed by atoms with Crippen LogP contribution in [0.4, 0.5) is 0 Å². The third-order valence-corrected chi connectivity index (χ3v) is 5.84. The van der Waals surface area contributed by atoms with E-state index in [1.54, 1.807) is 0 Å². The van der Waals surface area contributed by atoms with Gasteiger partial charge in [0, 0.05) is 50.5 Å². The van der Waals surface area contributed by atoms with Crippen LogP contribution in [0.2, 0.25) is 0 Å². The summed E-state index contributed by atoms with van der Waals surface area (Å²) in [5, 5.41) is 0. The first-order valence-corrected chi connectivity index (χ1v) is 9.57. The minimum absolute atomic E-state index is 0.0198. The van der Waals surface area contributed by atoms with Gasteiger partial charge in [-0.2, -0.15) is 0 Å². The summed E-state index contributed by atoms with van der Waals surface area (Å²) in [6.45, 7) is 11.5. The summed E-state index contributed by atoms with van der Waals surface area (Å²) in [6, 6.07) is 4.59. The van der Waals surface area contributed by atoms with Crippen LogP contribution in [0.1, 0.15) is 39.2 Å². The number of carbonyl (C=O) groups excluding carboxylic acids is 1. The van der Waals surface area contributed by atoms with E-state index < -0.39 is 0 Å². The highest BCUT2D eigenvalue weighted by Gasteiger charge is 2.54. The molecule has 2 aliphatic rings. The molecule has 0 radical (unpaired) electrons. The van der Waals surface area contributed by atoms with Crippen molar-refractivity contribution in [3.8, 4) is 0 Å². The Hall–Kier alpha value is -1.46. The first-order valence-electron chi connectivity index (χ1n) is 9.57. The van der Waals surface area contributed by atoms with Crippen molar-refractivity contribution in [2.75, 3.05) is 32.8 Å². The largest absolute Gasteiger partial charge is 0.466 e. The highest BCUT2D eigenvalue weighted by molar-refractivity contribution is 5.78. The molecule has 0 N–H and O–H groups in total. The predicted octanol–water partition coefficient (Wildman–Crippen LogP) is 2.57. The Morgan fingerprint density at radius 3 is 2.96 bits per heavy atom. The van der Waals surface area contributed by atoms with Gasteiger partial charge in [-0.25, -0.2) is 0 Å². The zero-order valence-corrected chi connectivity index (χ0v) is 15.8. The molecule has 0 amide bonds. The smallest absolute Gasteiger partial charge is 0.313 e. The van der Waals surface area contributed by atoms with Crippen molar-refractivity contribution in [3.05, 3.63) is 30.1 Å². The molecule has 25 heavy (non-hydrogen) atoms. The molecule has 1 aromatic rings. The van der Waals surface area contributed by atoms with E-state index in [2.05, 4.69) is 34.7 Å². The quantitative estimate of drug-likeness (QED) is 0.768. The maximum atomic E-state index is 12.9.